The average Bonchev–Trinajstić information content (AvgIpc) is 2.52. The second-order valence-corrected chi connectivity index (χ2v) is 4.98. The van der Waals surface area contributed by atoms with E-state index in [9.17, 15) is 14.7 Å². The highest BCUT2D eigenvalue weighted by molar-refractivity contribution is 6.03. The van der Waals surface area contributed by atoms with Crippen LogP contribution in [0.2, 0.25) is 0 Å². The van der Waals surface area contributed by atoms with Crippen LogP contribution in [0.1, 0.15) is 44.7 Å². The maximum Gasteiger partial charge on any atom is 0.163 e. The van der Waals surface area contributed by atoms with Crippen molar-refractivity contribution in [2.75, 3.05) is 0 Å². The van der Waals surface area contributed by atoms with Crippen molar-refractivity contribution in [1.29, 1.82) is 0 Å². The minimum absolute atomic E-state index is 0.0251. The molecule has 21 heavy (non-hydrogen) atoms. The molecular weight excluding hydrogens is 264 g/mol. The first-order chi connectivity index (χ1) is 10.1. The monoisotopic (exact) mass is 282 g/mol. The highest BCUT2D eigenvalue weighted by Gasteiger charge is 2.14. The van der Waals surface area contributed by atoms with E-state index in [-0.39, 0.29) is 31.0 Å². The molecule has 3 nitrogen and oxygen atoms in total. The first-order valence-electron chi connectivity index (χ1n) is 6.94. The Morgan fingerprint density at radius 1 is 0.857 bits per heavy atom. The van der Waals surface area contributed by atoms with E-state index in [1.165, 1.54) is 0 Å². The van der Waals surface area contributed by atoms with Crippen molar-refractivity contribution in [3.05, 3.63) is 70.8 Å². The van der Waals surface area contributed by atoms with Crippen LogP contribution >= 0.6 is 0 Å². The van der Waals surface area contributed by atoms with Gasteiger partial charge in [0.05, 0.1) is 6.61 Å². The van der Waals surface area contributed by atoms with Crippen molar-refractivity contribution >= 4 is 11.6 Å². The predicted molar refractivity (Wildman–Crippen MR) is 81.4 cm³/mol. The highest BCUT2D eigenvalue weighted by atomic mass is 16.3. The van der Waals surface area contributed by atoms with Gasteiger partial charge in [-0.2, -0.15) is 0 Å². The number of hydrogen-bond donors (Lipinski definition) is 1. The molecule has 0 fully saturated rings. The summed E-state index contributed by atoms with van der Waals surface area (Å²) in [6.45, 7) is 1.71. The van der Waals surface area contributed by atoms with Gasteiger partial charge < -0.3 is 5.11 Å². The van der Waals surface area contributed by atoms with Crippen LogP contribution in [0, 0.1) is 6.92 Å². The molecule has 0 unspecified atom stereocenters. The van der Waals surface area contributed by atoms with E-state index in [4.69, 9.17) is 0 Å². The molecule has 0 aliphatic heterocycles. The van der Waals surface area contributed by atoms with E-state index >= 15 is 0 Å². The number of carbonyl (C=O) groups is 2. The van der Waals surface area contributed by atoms with Gasteiger partial charge in [0.15, 0.2) is 11.6 Å². The largest absolute Gasteiger partial charge is 0.392 e. The zero-order valence-corrected chi connectivity index (χ0v) is 12.0. The van der Waals surface area contributed by atoms with Gasteiger partial charge in [-0.05, 0) is 18.1 Å². The molecule has 2 aromatic carbocycles. The summed E-state index contributed by atoms with van der Waals surface area (Å²) in [6.07, 6.45) is 0.341. The molecule has 0 aliphatic carbocycles. The van der Waals surface area contributed by atoms with Crippen LogP contribution < -0.4 is 0 Å². The summed E-state index contributed by atoms with van der Waals surface area (Å²) in [5, 5.41) is 9.24. The summed E-state index contributed by atoms with van der Waals surface area (Å²) < 4.78 is 0. The molecule has 0 heterocycles. The van der Waals surface area contributed by atoms with Crippen LogP contribution in [0.5, 0.6) is 0 Å². The zero-order valence-electron chi connectivity index (χ0n) is 12.0. The molecule has 3 heteroatoms. The predicted octanol–water partition coefficient (Wildman–Crippen LogP) is 3.33. The lowest BCUT2D eigenvalue weighted by Gasteiger charge is -2.07. The van der Waals surface area contributed by atoms with Crippen molar-refractivity contribution in [3.8, 4) is 0 Å². The molecule has 0 atom stereocenters. The molecule has 2 aromatic rings. The lowest BCUT2D eigenvalue weighted by Crippen LogP contribution is -2.08. The molecule has 0 amide bonds. The number of aliphatic hydroxyl groups excluding tert-OH is 1. The van der Waals surface area contributed by atoms with E-state index in [1.807, 2.05) is 25.1 Å². The van der Waals surface area contributed by atoms with Crippen molar-refractivity contribution in [2.45, 2.75) is 26.4 Å². The fourth-order valence-electron chi connectivity index (χ4n) is 2.31. The van der Waals surface area contributed by atoms with Gasteiger partial charge in [0.1, 0.15) is 0 Å². The summed E-state index contributed by atoms with van der Waals surface area (Å²) in [7, 11) is 0. The Hall–Kier alpha value is -2.26. The average molecular weight is 282 g/mol. The van der Waals surface area contributed by atoms with Crippen LogP contribution in [0.4, 0.5) is 0 Å². The van der Waals surface area contributed by atoms with Crippen LogP contribution in [0.3, 0.4) is 0 Å². The number of rotatable bonds is 6. The summed E-state index contributed by atoms with van der Waals surface area (Å²) in [5.74, 6) is -0.135. The second-order valence-electron chi connectivity index (χ2n) is 4.98. The fourth-order valence-corrected chi connectivity index (χ4v) is 2.31. The van der Waals surface area contributed by atoms with Crippen LogP contribution in [0.25, 0.3) is 0 Å². The van der Waals surface area contributed by atoms with Gasteiger partial charge >= 0.3 is 0 Å². The van der Waals surface area contributed by atoms with Gasteiger partial charge in [-0.15, -0.1) is 0 Å². The van der Waals surface area contributed by atoms with Crippen molar-refractivity contribution in [3.63, 3.8) is 0 Å². The lowest BCUT2D eigenvalue weighted by atomic mass is 9.97. The smallest absolute Gasteiger partial charge is 0.163 e. The Kier molecular flexibility index (Phi) is 5.01. The van der Waals surface area contributed by atoms with Gasteiger partial charge in [-0.1, -0.05) is 48.5 Å². The van der Waals surface area contributed by atoms with E-state index in [0.29, 0.717) is 16.7 Å². The Morgan fingerprint density at radius 2 is 1.38 bits per heavy atom. The SMILES string of the molecule is Cc1ccccc1C(=O)CCC(=O)c1ccccc1CO. The number of Topliss-reactive ketones (excluding diaryl/α,β-unsaturated/α-hetero) is 2. The topological polar surface area (TPSA) is 54.4 Å². The third-order valence-corrected chi connectivity index (χ3v) is 3.51. The van der Waals surface area contributed by atoms with Crippen molar-refractivity contribution in [2.24, 2.45) is 0 Å². The third kappa shape index (κ3) is 3.64. The third-order valence-electron chi connectivity index (χ3n) is 3.51. The Bertz CT molecular complexity index is 659. The Balaban J connectivity index is 2.05. The number of benzene rings is 2. The number of ketones is 2. The van der Waals surface area contributed by atoms with E-state index < -0.39 is 0 Å². The van der Waals surface area contributed by atoms with E-state index in [1.54, 1.807) is 30.3 Å². The quantitative estimate of drug-likeness (QED) is 0.827. The van der Waals surface area contributed by atoms with Crippen LogP contribution in [-0.4, -0.2) is 16.7 Å². The Labute approximate surface area is 124 Å². The minimum Gasteiger partial charge on any atom is -0.392 e. The van der Waals surface area contributed by atoms with Gasteiger partial charge in [-0.3, -0.25) is 9.59 Å². The summed E-state index contributed by atoms with van der Waals surface area (Å²) in [6, 6.07) is 14.3. The van der Waals surface area contributed by atoms with Gasteiger partial charge in [0.2, 0.25) is 0 Å². The van der Waals surface area contributed by atoms with E-state index in [0.717, 1.165) is 5.56 Å². The zero-order chi connectivity index (χ0) is 15.2. The number of aryl methyl sites for hydroxylation is 1. The molecule has 0 spiro atoms. The molecule has 0 aliphatic rings. The molecule has 0 bridgehead atoms. The summed E-state index contributed by atoms with van der Waals surface area (Å²) in [5.41, 5.74) is 2.69. The number of hydrogen-bond acceptors (Lipinski definition) is 3. The molecule has 0 saturated heterocycles. The number of carbonyl (C=O) groups excluding carboxylic acids is 2. The maximum atomic E-state index is 12.2. The normalized spacial score (nSPS) is 10.4. The first kappa shape index (κ1) is 15.1. The standard InChI is InChI=1S/C18H18O3/c1-13-6-2-4-8-15(13)17(20)10-11-18(21)16-9-5-3-7-14(16)12-19/h2-9,19H,10-12H2,1H3. The summed E-state index contributed by atoms with van der Waals surface area (Å²) >= 11 is 0. The van der Waals surface area contributed by atoms with Crippen LogP contribution in [-0.2, 0) is 6.61 Å². The van der Waals surface area contributed by atoms with Gasteiger partial charge in [0, 0.05) is 24.0 Å². The van der Waals surface area contributed by atoms with E-state index in [2.05, 4.69) is 0 Å². The van der Waals surface area contributed by atoms with Gasteiger partial charge in [0.25, 0.3) is 0 Å². The Morgan fingerprint density at radius 3 is 2.00 bits per heavy atom. The highest BCUT2D eigenvalue weighted by Crippen LogP contribution is 2.15. The van der Waals surface area contributed by atoms with Crippen molar-refractivity contribution < 1.29 is 14.7 Å². The first-order valence-corrected chi connectivity index (χ1v) is 6.94. The molecule has 0 aromatic heterocycles. The molecule has 108 valence electrons. The minimum atomic E-state index is -0.173. The molecule has 0 radical (unpaired) electrons. The molecule has 1 N–H and O–H groups in total. The fraction of sp³-hybridized carbons (Fsp3) is 0.222. The number of aliphatic hydroxyl groups is 1. The van der Waals surface area contributed by atoms with Gasteiger partial charge in [-0.25, -0.2) is 0 Å². The molecule has 2 rings (SSSR count). The molecule has 0 saturated carbocycles. The van der Waals surface area contributed by atoms with Crippen molar-refractivity contribution in [1.82, 2.24) is 0 Å². The molecular formula is C18H18O3. The maximum absolute atomic E-state index is 12.2. The lowest BCUT2D eigenvalue weighted by molar-refractivity contribution is 0.0915. The summed E-state index contributed by atoms with van der Waals surface area (Å²) in [4.78, 5) is 24.3. The second kappa shape index (κ2) is 6.95. The van der Waals surface area contributed by atoms with Crippen LogP contribution in [0.15, 0.2) is 48.5 Å².